The van der Waals surface area contributed by atoms with Crippen molar-refractivity contribution in [1.29, 1.82) is 0 Å². The van der Waals surface area contributed by atoms with Crippen molar-refractivity contribution in [2.75, 3.05) is 24.5 Å². The lowest BCUT2D eigenvalue weighted by atomic mass is 10.2. The van der Waals surface area contributed by atoms with E-state index in [4.69, 9.17) is 16.1 Å². The Morgan fingerprint density at radius 2 is 2.32 bits per heavy atom. The van der Waals surface area contributed by atoms with E-state index in [1.807, 2.05) is 24.3 Å². The van der Waals surface area contributed by atoms with Gasteiger partial charge < -0.3 is 20.1 Å². The minimum Gasteiger partial charge on any atom is -0.369 e. The summed E-state index contributed by atoms with van der Waals surface area (Å²) in [5.74, 6) is 0.804. The highest BCUT2D eigenvalue weighted by atomic mass is 127. The molecule has 1 fully saturated rings. The van der Waals surface area contributed by atoms with Gasteiger partial charge in [0.25, 0.3) is 0 Å². The summed E-state index contributed by atoms with van der Waals surface area (Å²) in [5.41, 5.74) is 1.98. The quantitative estimate of drug-likeness (QED) is 0.395. The Morgan fingerprint density at radius 3 is 3.04 bits per heavy atom. The molecule has 1 atom stereocenters. The maximum absolute atomic E-state index is 6.09. The lowest BCUT2D eigenvalue weighted by Gasteiger charge is -2.20. The summed E-state index contributed by atoms with van der Waals surface area (Å²) in [7, 11) is 0. The molecule has 0 amide bonds. The fourth-order valence-corrected chi connectivity index (χ4v) is 2.96. The van der Waals surface area contributed by atoms with Crippen LogP contribution >= 0.6 is 35.6 Å². The molecular formula is C17H23ClIN5O. The van der Waals surface area contributed by atoms with Gasteiger partial charge in [0.05, 0.1) is 6.54 Å². The Labute approximate surface area is 170 Å². The van der Waals surface area contributed by atoms with Crippen LogP contribution in [0, 0.1) is 0 Å². The third kappa shape index (κ3) is 5.78. The van der Waals surface area contributed by atoms with Gasteiger partial charge in [0.15, 0.2) is 5.96 Å². The highest BCUT2D eigenvalue weighted by Gasteiger charge is 2.23. The third-order valence-corrected chi connectivity index (χ3v) is 4.17. The molecular weight excluding hydrogens is 453 g/mol. The van der Waals surface area contributed by atoms with E-state index < -0.39 is 0 Å². The first-order valence-corrected chi connectivity index (χ1v) is 8.57. The average molecular weight is 476 g/mol. The van der Waals surface area contributed by atoms with E-state index >= 15 is 0 Å². The first kappa shape index (κ1) is 19.8. The molecule has 0 spiro atoms. The van der Waals surface area contributed by atoms with Gasteiger partial charge in [-0.3, -0.25) is 0 Å². The van der Waals surface area contributed by atoms with E-state index in [0.717, 1.165) is 48.4 Å². The molecule has 2 N–H and O–H groups in total. The highest BCUT2D eigenvalue weighted by Crippen LogP contribution is 2.23. The second-order valence-electron chi connectivity index (χ2n) is 5.74. The molecule has 136 valence electrons. The number of guanidine groups is 1. The van der Waals surface area contributed by atoms with Crippen LogP contribution in [0.1, 0.15) is 19.0 Å². The van der Waals surface area contributed by atoms with E-state index in [-0.39, 0.29) is 24.0 Å². The van der Waals surface area contributed by atoms with Gasteiger partial charge in [-0.1, -0.05) is 22.8 Å². The van der Waals surface area contributed by atoms with Crippen LogP contribution in [0.15, 0.2) is 46.1 Å². The van der Waals surface area contributed by atoms with Gasteiger partial charge in [0.2, 0.25) is 0 Å². The van der Waals surface area contributed by atoms with Crippen molar-refractivity contribution in [3.05, 3.63) is 47.3 Å². The fraction of sp³-hybridized carbons (Fsp3) is 0.412. The van der Waals surface area contributed by atoms with E-state index in [0.29, 0.717) is 12.6 Å². The smallest absolute Gasteiger partial charge is 0.191 e. The predicted octanol–water partition coefficient (Wildman–Crippen LogP) is 3.28. The third-order valence-electron chi connectivity index (χ3n) is 3.94. The molecule has 1 saturated heterocycles. The molecule has 1 aliphatic rings. The van der Waals surface area contributed by atoms with Crippen molar-refractivity contribution in [1.82, 2.24) is 15.8 Å². The minimum atomic E-state index is 0. The number of hydrogen-bond donors (Lipinski definition) is 2. The monoisotopic (exact) mass is 475 g/mol. The number of aromatic nitrogens is 1. The summed E-state index contributed by atoms with van der Waals surface area (Å²) >= 11 is 6.09. The normalized spacial score (nSPS) is 17.3. The van der Waals surface area contributed by atoms with Crippen molar-refractivity contribution in [2.45, 2.75) is 25.9 Å². The minimum absolute atomic E-state index is 0. The van der Waals surface area contributed by atoms with Crippen molar-refractivity contribution in [2.24, 2.45) is 4.99 Å². The largest absolute Gasteiger partial charge is 0.369 e. The molecule has 2 heterocycles. The summed E-state index contributed by atoms with van der Waals surface area (Å²) < 4.78 is 4.84. The number of nitrogens with zero attached hydrogens (tertiary/aromatic N) is 3. The van der Waals surface area contributed by atoms with E-state index in [1.165, 1.54) is 0 Å². The molecule has 6 nitrogen and oxygen atoms in total. The summed E-state index contributed by atoms with van der Waals surface area (Å²) in [6.45, 7) is 5.29. The molecule has 0 bridgehead atoms. The first-order valence-electron chi connectivity index (χ1n) is 8.19. The standard InChI is InChI=1S/C17H22ClN5O.HI/c1-2-19-17(20-11-14-7-9-24-22-14)21-15-6-8-23(12-15)16-5-3-4-13(18)10-16;/h3-5,7,9-10,15H,2,6,8,11-12H2,1H3,(H2,19,20,21);1H. The predicted molar refractivity (Wildman–Crippen MR) is 112 cm³/mol. The van der Waals surface area contributed by atoms with Crippen molar-refractivity contribution < 1.29 is 4.52 Å². The molecule has 8 heteroatoms. The van der Waals surface area contributed by atoms with Gasteiger partial charge in [-0.05, 0) is 31.5 Å². The zero-order valence-electron chi connectivity index (χ0n) is 14.1. The number of hydrogen-bond acceptors (Lipinski definition) is 4. The Hall–Kier alpha value is -1.48. The van der Waals surface area contributed by atoms with Gasteiger partial charge >= 0.3 is 0 Å². The van der Waals surface area contributed by atoms with Crippen LogP contribution in [0.3, 0.4) is 0 Å². The fourth-order valence-electron chi connectivity index (χ4n) is 2.78. The molecule has 1 aromatic carbocycles. The summed E-state index contributed by atoms with van der Waals surface area (Å²) in [4.78, 5) is 6.90. The van der Waals surface area contributed by atoms with Crippen molar-refractivity contribution in [3.8, 4) is 0 Å². The number of anilines is 1. The van der Waals surface area contributed by atoms with Gasteiger partial charge in [-0.25, -0.2) is 4.99 Å². The lowest BCUT2D eigenvalue weighted by Crippen LogP contribution is -2.44. The number of nitrogens with one attached hydrogen (secondary N) is 2. The summed E-state index contributed by atoms with van der Waals surface area (Å²) in [6, 6.07) is 10.2. The lowest BCUT2D eigenvalue weighted by molar-refractivity contribution is 0.412. The molecule has 1 unspecified atom stereocenters. The molecule has 0 saturated carbocycles. The van der Waals surface area contributed by atoms with Crippen LogP contribution in [0.4, 0.5) is 5.69 Å². The van der Waals surface area contributed by atoms with E-state index in [9.17, 15) is 0 Å². The number of halogens is 2. The molecule has 2 aromatic rings. The number of rotatable bonds is 5. The summed E-state index contributed by atoms with van der Waals surface area (Å²) in [6.07, 6.45) is 2.62. The van der Waals surface area contributed by atoms with Crippen molar-refractivity contribution in [3.63, 3.8) is 0 Å². The van der Waals surface area contributed by atoms with Gasteiger partial charge in [0, 0.05) is 42.5 Å². The Balaban J connectivity index is 0.00000225. The van der Waals surface area contributed by atoms with Gasteiger partial charge in [-0.2, -0.15) is 0 Å². The van der Waals surface area contributed by atoms with E-state index in [1.54, 1.807) is 6.26 Å². The maximum atomic E-state index is 6.09. The van der Waals surface area contributed by atoms with Crippen LogP contribution in [-0.2, 0) is 6.54 Å². The van der Waals surface area contributed by atoms with E-state index in [2.05, 4.69) is 38.7 Å². The van der Waals surface area contributed by atoms with Crippen LogP contribution in [0.5, 0.6) is 0 Å². The maximum Gasteiger partial charge on any atom is 0.191 e. The molecule has 0 radical (unpaired) electrons. The number of aliphatic imine (C=N–C) groups is 1. The van der Waals surface area contributed by atoms with Crippen molar-refractivity contribution >= 4 is 47.2 Å². The Bertz CT molecular complexity index is 679. The van der Waals surface area contributed by atoms with Crippen LogP contribution < -0.4 is 15.5 Å². The zero-order valence-corrected chi connectivity index (χ0v) is 17.2. The van der Waals surface area contributed by atoms with Crippen LogP contribution in [0.25, 0.3) is 0 Å². The second kappa shape index (κ2) is 9.86. The Kier molecular flexibility index (Phi) is 7.83. The van der Waals surface area contributed by atoms with Crippen LogP contribution in [-0.4, -0.2) is 36.8 Å². The topological polar surface area (TPSA) is 65.7 Å². The molecule has 3 rings (SSSR count). The Morgan fingerprint density at radius 1 is 1.44 bits per heavy atom. The van der Waals surface area contributed by atoms with Gasteiger partial charge in [-0.15, -0.1) is 24.0 Å². The summed E-state index contributed by atoms with van der Waals surface area (Å²) in [5, 5.41) is 11.4. The zero-order chi connectivity index (χ0) is 16.8. The molecule has 1 aliphatic heterocycles. The van der Waals surface area contributed by atoms with Crippen LogP contribution in [0.2, 0.25) is 5.02 Å². The highest BCUT2D eigenvalue weighted by molar-refractivity contribution is 14.0. The second-order valence-corrected chi connectivity index (χ2v) is 6.18. The molecule has 25 heavy (non-hydrogen) atoms. The SMILES string of the molecule is CCNC(=NCc1ccon1)NC1CCN(c2cccc(Cl)c2)C1.I. The number of benzene rings is 1. The van der Waals surface area contributed by atoms with Gasteiger partial charge in [0.1, 0.15) is 12.0 Å². The molecule has 0 aliphatic carbocycles. The molecule has 1 aromatic heterocycles. The average Bonchev–Trinajstić information content (AvgIpc) is 3.25. The first-order chi connectivity index (χ1) is 11.7.